The Kier molecular flexibility index (Phi) is 7.50. The molecule has 0 aliphatic heterocycles. The van der Waals surface area contributed by atoms with Gasteiger partial charge in [-0.05, 0) is 67.7 Å². The molecule has 0 aliphatic rings. The molecule has 4 nitrogen and oxygen atoms in total. The number of ether oxygens (including phenoxy) is 2. The summed E-state index contributed by atoms with van der Waals surface area (Å²) in [7, 11) is 11.6. The fraction of sp³-hybridized carbons (Fsp3) is 0.304. The van der Waals surface area contributed by atoms with Crippen LogP contribution in [0.4, 0.5) is 0 Å². The third-order valence-corrected chi connectivity index (χ3v) is 4.43. The average molecular weight is 367 g/mol. The van der Waals surface area contributed by atoms with Gasteiger partial charge in [-0.25, -0.2) is 0 Å². The van der Waals surface area contributed by atoms with Gasteiger partial charge in [0.15, 0.2) is 0 Å². The number of methoxy groups -OCH3 is 2. The van der Waals surface area contributed by atoms with Crippen molar-refractivity contribution in [1.29, 1.82) is 0 Å². The van der Waals surface area contributed by atoms with Crippen molar-refractivity contribution in [3.8, 4) is 11.5 Å². The first kappa shape index (κ1) is 20.6. The molecule has 0 radical (unpaired) electrons. The van der Waals surface area contributed by atoms with Crippen LogP contribution in [0.5, 0.6) is 11.5 Å². The fourth-order valence-corrected chi connectivity index (χ4v) is 2.90. The maximum Gasteiger partial charge on any atom is 0.118 e. The Morgan fingerprint density at radius 2 is 1.33 bits per heavy atom. The molecule has 0 fully saturated rings. The van der Waals surface area contributed by atoms with Gasteiger partial charge in [0.05, 0.1) is 20.3 Å². The second kappa shape index (κ2) is 9.83. The Balaban J connectivity index is 2.25. The molecule has 2 aromatic rings. The smallest absolute Gasteiger partial charge is 0.118 e. The normalized spacial score (nSPS) is 13.1. The molecule has 0 spiro atoms. The van der Waals surface area contributed by atoms with Gasteiger partial charge in [0.25, 0.3) is 0 Å². The van der Waals surface area contributed by atoms with Crippen LogP contribution in [-0.2, 0) is 0 Å². The van der Waals surface area contributed by atoms with Gasteiger partial charge in [-0.3, -0.25) is 4.90 Å². The predicted molar refractivity (Wildman–Crippen MR) is 113 cm³/mol. The van der Waals surface area contributed by atoms with E-state index in [2.05, 4.69) is 80.5 Å². The molecule has 0 bridgehead atoms. The minimum absolute atomic E-state index is 0.187. The van der Waals surface area contributed by atoms with Crippen LogP contribution in [0.15, 0.2) is 66.8 Å². The maximum absolute atomic E-state index is 5.26. The molecule has 2 rings (SSSR count). The summed E-state index contributed by atoms with van der Waals surface area (Å²) in [5.74, 6) is 1.73. The van der Waals surface area contributed by atoms with Crippen molar-refractivity contribution < 1.29 is 9.47 Å². The highest BCUT2D eigenvalue weighted by Crippen LogP contribution is 2.24. The zero-order valence-corrected chi connectivity index (χ0v) is 17.1. The van der Waals surface area contributed by atoms with Crippen LogP contribution in [-0.4, -0.2) is 52.2 Å². The summed E-state index contributed by atoms with van der Waals surface area (Å²) in [6.07, 6.45) is 6.46. The van der Waals surface area contributed by atoms with E-state index in [0.717, 1.165) is 22.8 Å². The molecule has 1 unspecified atom stereocenters. The topological polar surface area (TPSA) is 24.9 Å². The van der Waals surface area contributed by atoms with Gasteiger partial charge in [0, 0.05) is 19.8 Å². The minimum Gasteiger partial charge on any atom is -0.497 e. The second-order valence-electron chi connectivity index (χ2n) is 6.74. The number of hydrogen-bond acceptors (Lipinski definition) is 4. The first-order valence-corrected chi connectivity index (χ1v) is 8.97. The number of hydrogen-bond donors (Lipinski definition) is 0. The Hall–Kier alpha value is -2.72. The molecule has 0 aliphatic carbocycles. The first-order valence-electron chi connectivity index (χ1n) is 8.97. The van der Waals surface area contributed by atoms with Gasteiger partial charge in [-0.1, -0.05) is 24.3 Å². The fourth-order valence-electron chi connectivity index (χ4n) is 2.90. The van der Waals surface area contributed by atoms with Crippen LogP contribution in [0.3, 0.4) is 0 Å². The number of likely N-dealkylation sites (N-methyl/N-ethyl adjacent to an activating group) is 1. The Morgan fingerprint density at radius 3 is 1.78 bits per heavy atom. The number of nitrogens with zero attached hydrogens (tertiary/aromatic N) is 2. The van der Waals surface area contributed by atoms with Gasteiger partial charge < -0.3 is 14.4 Å². The van der Waals surface area contributed by atoms with E-state index in [-0.39, 0.29) is 6.04 Å². The Labute approximate surface area is 163 Å². The predicted octanol–water partition coefficient (Wildman–Crippen LogP) is 4.47. The van der Waals surface area contributed by atoms with Gasteiger partial charge >= 0.3 is 0 Å². The lowest BCUT2D eigenvalue weighted by molar-refractivity contribution is 0.350. The molecule has 0 amide bonds. The standard InChI is InChI=1S/C23H30N2O2/c1-24(2)22(18-10-14-20(26-5)15-11-18)8-7-9-23(25(3)4)19-12-16-21(27-6)17-13-19/h7-17,22H,1-6H3/b8-7+,23-9-. The van der Waals surface area contributed by atoms with Crippen LogP contribution in [0.1, 0.15) is 17.2 Å². The largest absolute Gasteiger partial charge is 0.497 e. The summed E-state index contributed by atoms with van der Waals surface area (Å²) in [6.45, 7) is 0. The lowest BCUT2D eigenvalue weighted by atomic mass is 10.0. The molecular weight excluding hydrogens is 336 g/mol. The van der Waals surface area contributed by atoms with E-state index >= 15 is 0 Å². The highest BCUT2D eigenvalue weighted by molar-refractivity contribution is 5.65. The molecular formula is C23H30N2O2. The molecule has 144 valence electrons. The zero-order valence-electron chi connectivity index (χ0n) is 17.1. The van der Waals surface area contributed by atoms with Gasteiger partial charge in [-0.15, -0.1) is 0 Å². The lowest BCUT2D eigenvalue weighted by Crippen LogP contribution is -2.17. The quantitative estimate of drug-likeness (QED) is 0.644. The van der Waals surface area contributed by atoms with Crippen LogP contribution in [0, 0.1) is 0 Å². The lowest BCUT2D eigenvalue weighted by Gasteiger charge is -2.22. The van der Waals surface area contributed by atoms with Crippen molar-refractivity contribution in [2.75, 3.05) is 42.4 Å². The number of benzene rings is 2. The SMILES string of the molecule is COc1ccc(/C(=C/C=C/C(c2ccc(OC)cc2)N(C)C)N(C)C)cc1. The molecule has 0 heterocycles. The summed E-state index contributed by atoms with van der Waals surface area (Å²) < 4.78 is 10.5. The molecule has 27 heavy (non-hydrogen) atoms. The van der Waals surface area contributed by atoms with Gasteiger partial charge in [0.1, 0.15) is 11.5 Å². The third-order valence-electron chi connectivity index (χ3n) is 4.43. The summed E-state index contributed by atoms with van der Waals surface area (Å²) in [6, 6.07) is 16.5. The van der Waals surface area contributed by atoms with Gasteiger partial charge in [0.2, 0.25) is 0 Å². The summed E-state index contributed by atoms with van der Waals surface area (Å²) in [5, 5.41) is 0. The highest BCUT2D eigenvalue weighted by Gasteiger charge is 2.10. The van der Waals surface area contributed by atoms with E-state index in [0.29, 0.717) is 0 Å². The van der Waals surface area contributed by atoms with E-state index in [9.17, 15) is 0 Å². The zero-order chi connectivity index (χ0) is 19.8. The van der Waals surface area contributed by atoms with Crippen molar-refractivity contribution in [2.45, 2.75) is 6.04 Å². The van der Waals surface area contributed by atoms with Crippen LogP contribution in [0.2, 0.25) is 0 Å². The van der Waals surface area contributed by atoms with Crippen LogP contribution in [0.25, 0.3) is 5.70 Å². The molecule has 0 saturated heterocycles. The molecule has 0 N–H and O–H groups in total. The highest BCUT2D eigenvalue weighted by atomic mass is 16.5. The van der Waals surface area contributed by atoms with E-state index < -0.39 is 0 Å². The monoisotopic (exact) mass is 366 g/mol. The van der Waals surface area contributed by atoms with Crippen molar-refractivity contribution >= 4 is 5.70 Å². The molecule has 0 saturated carbocycles. The van der Waals surface area contributed by atoms with Crippen molar-refractivity contribution in [2.24, 2.45) is 0 Å². The molecule has 2 aromatic carbocycles. The van der Waals surface area contributed by atoms with Gasteiger partial charge in [-0.2, -0.15) is 0 Å². The van der Waals surface area contributed by atoms with Crippen molar-refractivity contribution in [3.63, 3.8) is 0 Å². The summed E-state index contributed by atoms with van der Waals surface area (Å²) in [4.78, 5) is 4.30. The van der Waals surface area contributed by atoms with Crippen LogP contribution >= 0.6 is 0 Å². The van der Waals surface area contributed by atoms with E-state index in [1.54, 1.807) is 14.2 Å². The number of allylic oxidation sites excluding steroid dienone is 2. The molecule has 0 aromatic heterocycles. The Morgan fingerprint density at radius 1 is 0.815 bits per heavy atom. The van der Waals surface area contributed by atoms with E-state index in [1.165, 1.54) is 5.56 Å². The number of rotatable bonds is 8. The average Bonchev–Trinajstić information content (AvgIpc) is 2.68. The third kappa shape index (κ3) is 5.63. The second-order valence-corrected chi connectivity index (χ2v) is 6.74. The molecule has 1 atom stereocenters. The minimum atomic E-state index is 0.187. The van der Waals surface area contributed by atoms with Crippen molar-refractivity contribution in [1.82, 2.24) is 9.80 Å². The van der Waals surface area contributed by atoms with E-state index in [1.807, 2.05) is 24.3 Å². The summed E-state index contributed by atoms with van der Waals surface area (Å²) >= 11 is 0. The Bertz CT molecular complexity index is 760. The summed E-state index contributed by atoms with van der Waals surface area (Å²) in [5.41, 5.74) is 3.51. The van der Waals surface area contributed by atoms with Crippen molar-refractivity contribution in [3.05, 3.63) is 77.9 Å². The maximum atomic E-state index is 5.26. The first-order chi connectivity index (χ1) is 13.0. The van der Waals surface area contributed by atoms with E-state index in [4.69, 9.17) is 9.47 Å². The van der Waals surface area contributed by atoms with Crippen LogP contribution < -0.4 is 9.47 Å². The molecule has 4 heteroatoms.